The normalized spacial score (nSPS) is 9.76. The summed E-state index contributed by atoms with van der Waals surface area (Å²) in [6.45, 7) is 2.35. The van der Waals surface area contributed by atoms with Crippen molar-refractivity contribution < 1.29 is 9.53 Å². The van der Waals surface area contributed by atoms with E-state index in [1.165, 1.54) is 0 Å². The van der Waals surface area contributed by atoms with Crippen molar-refractivity contribution >= 4 is 34.2 Å². The Morgan fingerprint density at radius 1 is 1.29 bits per heavy atom. The van der Waals surface area contributed by atoms with Crippen molar-refractivity contribution in [3.63, 3.8) is 0 Å². The first-order chi connectivity index (χ1) is 10.1. The lowest BCUT2D eigenvalue weighted by Gasteiger charge is -2.12. The molecule has 0 atom stereocenters. The van der Waals surface area contributed by atoms with Crippen LogP contribution in [0.4, 0.5) is 5.69 Å². The number of ether oxygens (including phenoxy) is 1. The molecule has 106 valence electrons. The van der Waals surface area contributed by atoms with E-state index in [0.29, 0.717) is 29.2 Å². The van der Waals surface area contributed by atoms with Gasteiger partial charge in [-0.3, -0.25) is 4.79 Å². The molecule has 0 aromatic heterocycles. The van der Waals surface area contributed by atoms with Crippen LogP contribution < -0.4 is 10.1 Å². The predicted octanol–water partition coefficient (Wildman–Crippen LogP) is 3.81. The van der Waals surface area contributed by atoms with Crippen molar-refractivity contribution in [3.8, 4) is 11.8 Å². The minimum atomic E-state index is -0.234. The largest absolute Gasteiger partial charge is 0.492 e. The van der Waals surface area contributed by atoms with Gasteiger partial charge in [-0.15, -0.1) is 0 Å². The van der Waals surface area contributed by atoms with Crippen LogP contribution >= 0.6 is 22.6 Å². The highest BCUT2D eigenvalue weighted by Gasteiger charge is 2.11. The van der Waals surface area contributed by atoms with Gasteiger partial charge in [-0.2, -0.15) is 5.26 Å². The first-order valence-electron chi connectivity index (χ1n) is 6.38. The van der Waals surface area contributed by atoms with Crippen molar-refractivity contribution in [1.29, 1.82) is 5.26 Å². The Balaban J connectivity index is 2.27. The highest BCUT2D eigenvalue weighted by atomic mass is 127. The van der Waals surface area contributed by atoms with Gasteiger partial charge in [-0.25, -0.2) is 0 Å². The SMILES string of the molecule is CCOc1ccc(C#N)cc1NC(=O)c1ccc(I)cc1. The van der Waals surface area contributed by atoms with Crippen LogP contribution in [0.25, 0.3) is 0 Å². The summed E-state index contributed by atoms with van der Waals surface area (Å²) in [6, 6.07) is 14.2. The summed E-state index contributed by atoms with van der Waals surface area (Å²) in [5.41, 5.74) is 1.52. The van der Waals surface area contributed by atoms with Gasteiger partial charge in [-0.05, 0) is 72.0 Å². The highest BCUT2D eigenvalue weighted by molar-refractivity contribution is 14.1. The van der Waals surface area contributed by atoms with Crippen LogP contribution in [0.5, 0.6) is 5.75 Å². The zero-order valence-electron chi connectivity index (χ0n) is 11.4. The molecule has 1 amide bonds. The van der Waals surface area contributed by atoms with E-state index in [1.54, 1.807) is 30.3 Å². The van der Waals surface area contributed by atoms with Crippen molar-refractivity contribution in [2.75, 3.05) is 11.9 Å². The van der Waals surface area contributed by atoms with Gasteiger partial charge in [0.05, 0.1) is 23.9 Å². The number of rotatable bonds is 4. The molecule has 4 nitrogen and oxygen atoms in total. The van der Waals surface area contributed by atoms with E-state index < -0.39 is 0 Å². The van der Waals surface area contributed by atoms with Gasteiger partial charge in [0.2, 0.25) is 0 Å². The average molecular weight is 392 g/mol. The maximum Gasteiger partial charge on any atom is 0.255 e. The van der Waals surface area contributed by atoms with E-state index in [2.05, 4.69) is 27.9 Å². The van der Waals surface area contributed by atoms with Gasteiger partial charge < -0.3 is 10.1 Å². The first kappa shape index (κ1) is 15.3. The van der Waals surface area contributed by atoms with Gasteiger partial charge in [-0.1, -0.05) is 0 Å². The van der Waals surface area contributed by atoms with E-state index in [0.717, 1.165) is 3.57 Å². The molecule has 2 aromatic carbocycles. The first-order valence-corrected chi connectivity index (χ1v) is 7.45. The number of hydrogen-bond acceptors (Lipinski definition) is 3. The Morgan fingerprint density at radius 2 is 2.00 bits per heavy atom. The molecule has 0 heterocycles. The zero-order valence-corrected chi connectivity index (χ0v) is 13.5. The minimum absolute atomic E-state index is 0.234. The third-order valence-electron chi connectivity index (χ3n) is 2.76. The van der Waals surface area contributed by atoms with Crippen LogP contribution in [0, 0.1) is 14.9 Å². The fourth-order valence-electron chi connectivity index (χ4n) is 1.77. The van der Waals surface area contributed by atoms with E-state index >= 15 is 0 Å². The van der Waals surface area contributed by atoms with E-state index in [1.807, 2.05) is 25.1 Å². The standard InChI is InChI=1S/C16H13IN2O2/c1-2-21-15-8-3-11(10-18)9-14(15)19-16(20)12-4-6-13(17)7-5-12/h3-9H,2H2,1H3,(H,19,20). The summed E-state index contributed by atoms with van der Waals surface area (Å²) in [7, 11) is 0. The third kappa shape index (κ3) is 3.95. The van der Waals surface area contributed by atoms with Gasteiger partial charge in [0.15, 0.2) is 0 Å². The molecule has 0 fully saturated rings. The summed E-state index contributed by atoms with van der Waals surface area (Å²) in [5.74, 6) is 0.317. The molecule has 2 rings (SSSR count). The van der Waals surface area contributed by atoms with E-state index in [9.17, 15) is 4.79 Å². The van der Waals surface area contributed by atoms with Crippen LogP contribution in [0.1, 0.15) is 22.8 Å². The smallest absolute Gasteiger partial charge is 0.255 e. The molecule has 1 N–H and O–H groups in total. The lowest BCUT2D eigenvalue weighted by Crippen LogP contribution is -2.13. The maximum absolute atomic E-state index is 12.2. The van der Waals surface area contributed by atoms with Crippen molar-refractivity contribution in [1.82, 2.24) is 0 Å². The Kier molecular flexibility index (Phi) is 5.17. The molecule has 0 saturated carbocycles. The summed E-state index contributed by atoms with van der Waals surface area (Å²) in [6.07, 6.45) is 0. The number of nitrogens with zero attached hydrogens (tertiary/aromatic N) is 1. The predicted molar refractivity (Wildman–Crippen MR) is 89.4 cm³/mol. The van der Waals surface area contributed by atoms with Crippen LogP contribution in [0.2, 0.25) is 0 Å². The number of carbonyl (C=O) groups is 1. The quantitative estimate of drug-likeness (QED) is 0.805. The molecule has 0 unspecified atom stereocenters. The monoisotopic (exact) mass is 392 g/mol. The second-order valence-corrected chi connectivity index (χ2v) is 5.46. The molecule has 0 radical (unpaired) electrons. The Morgan fingerprint density at radius 3 is 2.62 bits per heavy atom. The fraction of sp³-hybridized carbons (Fsp3) is 0.125. The molecule has 0 aliphatic rings. The molecule has 0 aliphatic heterocycles. The second kappa shape index (κ2) is 7.09. The third-order valence-corrected chi connectivity index (χ3v) is 3.48. The molecule has 0 saturated heterocycles. The number of hydrogen-bond donors (Lipinski definition) is 1. The van der Waals surface area contributed by atoms with Gasteiger partial charge >= 0.3 is 0 Å². The van der Waals surface area contributed by atoms with Gasteiger partial charge in [0, 0.05) is 9.13 Å². The average Bonchev–Trinajstić information content (AvgIpc) is 2.49. The topological polar surface area (TPSA) is 62.1 Å². The lowest BCUT2D eigenvalue weighted by atomic mass is 10.1. The Hall–Kier alpha value is -2.07. The molecule has 0 bridgehead atoms. The molecule has 2 aromatic rings. The van der Waals surface area contributed by atoms with Gasteiger partial charge in [0.1, 0.15) is 5.75 Å². The number of anilines is 1. The number of halogens is 1. The Bertz CT molecular complexity index is 690. The molecule has 0 spiro atoms. The molecular formula is C16H13IN2O2. The van der Waals surface area contributed by atoms with Crippen LogP contribution in [0.3, 0.4) is 0 Å². The molecular weight excluding hydrogens is 379 g/mol. The number of nitriles is 1. The summed E-state index contributed by atoms with van der Waals surface area (Å²) >= 11 is 2.18. The fourth-order valence-corrected chi connectivity index (χ4v) is 2.13. The number of nitrogens with one attached hydrogen (secondary N) is 1. The second-order valence-electron chi connectivity index (χ2n) is 4.22. The van der Waals surface area contributed by atoms with Crippen molar-refractivity contribution in [3.05, 3.63) is 57.2 Å². The summed E-state index contributed by atoms with van der Waals surface area (Å²) in [5, 5.41) is 11.7. The maximum atomic E-state index is 12.2. The zero-order chi connectivity index (χ0) is 15.2. The van der Waals surface area contributed by atoms with Crippen LogP contribution in [-0.2, 0) is 0 Å². The minimum Gasteiger partial charge on any atom is -0.492 e. The van der Waals surface area contributed by atoms with Crippen LogP contribution in [0.15, 0.2) is 42.5 Å². The van der Waals surface area contributed by atoms with E-state index in [4.69, 9.17) is 10.00 Å². The molecule has 5 heteroatoms. The summed E-state index contributed by atoms with van der Waals surface area (Å²) in [4.78, 5) is 12.2. The highest BCUT2D eigenvalue weighted by Crippen LogP contribution is 2.26. The lowest BCUT2D eigenvalue weighted by molar-refractivity contribution is 0.102. The van der Waals surface area contributed by atoms with Crippen molar-refractivity contribution in [2.45, 2.75) is 6.92 Å². The van der Waals surface area contributed by atoms with Crippen molar-refractivity contribution in [2.24, 2.45) is 0 Å². The number of amides is 1. The molecule has 0 aliphatic carbocycles. The number of carbonyl (C=O) groups excluding carboxylic acids is 1. The number of benzene rings is 2. The van der Waals surface area contributed by atoms with Gasteiger partial charge in [0.25, 0.3) is 5.91 Å². The summed E-state index contributed by atoms with van der Waals surface area (Å²) < 4.78 is 6.53. The van der Waals surface area contributed by atoms with Crippen LogP contribution in [-0.4, -0.2) is 12.5 Å². The Labute approximate surface area is 136 Å². The molecule has 21 heavy (non-hydrogen) atoms. The van der Waals surface area contributed by atoms with E-state index in [-0.39, 0.29) is 5.91 Å².